The molecule has 110 valence electrons. The molecule has 0 saturated heterocycles. The Morgan fingerprint density at radius 3 is 2.70 bits per heavy atom. The van der Waals surface area contributed by atoms with Crippen LogP contribution in [0.25, 0.3) is 0 Å². The molecule has 0 radical (unpaired) electrons. The van der Waals surface area contributed by atoms with E-state index < -0.39 is 5.97 Å². The lowest BCUT2D eigenvalue weighted by Crippen LogP contribution is -2.48. The minimum atomic E-state index is -0.988. The van der Waals surface area contributed by atoms with Gasteiger partial charge in [0.15, 0.2) is 0 Å². The molecule has 8 heteroatoms. The monoisotopic (exact) mass is 281 g/mol. The van der Waals surface area contributed by atoms with Gasteiger partial charge in [0.25, 0.3) is 0 Å². The Labute approximate surface area is 116 Å². The van der Waals surface area contributed by atoms with Crippen molar-refractivity contribution in [2.75, 3.05) is 13.6 Å². The van der Waals surface area contributed by atoms with Gasteiger partial charge in [0.1, 0.15) is 18.7 Å². The second kappa shape index (κ2) is 6.36. The molecule has 0 aliphatic heterocycles. The SMILES string of the molecule is CN(Cc1ncn[nH]1)C(=O)N(CC(=O)O)C1CCCC1. The molecule has 2 amide bonds. The number of carbonyl (C=O) groups excluding carboxylic acids is 1. The molecule has 1 aliphatic rings. The second-order valence-electron chi connectivity index (χ2n) is 5.03. The van der Waals surface area contributed by atoms with Crippen molar-refractivity contribution in [1.29, 1.82) is 0 Å². The van der Waals surface area contributed by atoms with Crippen LogP contribution in [0.4, 0.5) is 4.79 Å². The summed E-state index contributed by atoms with van der Waals surface area (Å²) in [5.41, 5.74) is 0. The number of H-pyrrole nitrogens is 1. The van der Waals surface area contributed by atoms with Gasteiger partial charge in [-0.3, -0.25) is 9.89 Å². The van der Waals surface area contributed by atoms with Gasteiger partial charge in [-0.15, -0.1) is 0 Å². The number of hydrogen-bond acceptors (Lipinski definition) is 4. The van der Waals surface area contributed by atoms with Gasteiger partial charge in [0.2, 0.25) is 0 Å². The van der Waals surface area contributed by atoms with E-state index in [4.69, 9.17) is 5.11 Å². The number of carboxylic acid groups (broad SMARTS) is 1. The molecule has 0 atom stereocenters. The van der Waals surface area contributed by atoms with Gasteiger partial charge >= 0.3 is 12.0 Å². The fraction of sp³-hybridized carbons (Fsp3) is 0.667. The van der Waals surface area contributed by atoms with E-state index in [0.29, 0.717) is 5.82 Å². The fourth-order valence-corrected chi connectivity index (χ4v) is 2.53. The summed E-state index contributed by atoms with van der Waals surface area (Å²) in [6, 6.07) is -0.258. The molecule has 1 aromatic rings. The van der Waals surface area contributed by atoms with Crippen molar-refractivity contribution in [3.8, 4) is 0 Å². The lowest BCUT2D eigenvalue weighted by atomic mass is 10.2. The highest BCUT2D eigenvalue weighted by molar-refractivity contribution is 5.80. The number of aromatic nitrogens is 3. The number of aromatic amines is 1. The van der Waals surface area contributed by atoms with Gasteiger partial charge in [0, 0.05) is 13.1 Å². The van der Waals surface area contributed by atoms with Crippen molar-refractivity contribution in [2.45, 2.75) is 38.3 Å². The molecule has 2 N–H and O–H groups in total. The molecule has 0 aromatic carbocycles. The van der Waals surface area contributed by atoms with Gasteiger partial charge in [-0.05, 0) is 12.8 Å². The van der Waals surface area contributed by atoms with Crippen LogP contribution in [0.5, 0.6) is 0 Å². The molecular weight excluding hydrogens is 262 g/mol. The molecule has 20 heavy (non-hydrogen) atoms. The molecule has 0 unspecified atom stereocenters. The Morgan fingerprint density at radius 2 is 2.15 bits per heavy atom. The number of nitrogens with one attached hydrogen (secondary N) is 1. The molecule has 1 saturated carbocycles. The summed E-state index contributed by atoms with van der Waals surface area (Å²) in [6.07, 6.45) is 5.20. The number of rotatable bonds is 5. The minimum absolute atomic E-state index is 0.0239. The lowest BCUT2D eigenvalue weighted by Gasteiger charge is -2.31. The maximum atomic E-state index is 12.4. The van der Waals surface area contributed by atoms with E-state index in [1.54, 1.807) is 7.05 Å². The summed E-state index contributed by atoms with van der Waals surface area (Å²) in [6.45, 7) is 0.0198. The first-order chi connectivity index (χ1) is 9.58. The number of carboxylic acids is 1. The zero-order valence-corrected chi connectivity index (χ0v) is 11.4. The van der Waals surface area contributed by atoms with Crippen LogP contribution in [-0.2, 0) is 11.3 Å². The first-order valence-electron chi connectivity index (χ1n) is 6.65. The zero-order valence-electron chi connectivity index (χ0n) is 11.4. The molecule has 1 heterocycles. The first-order valence-corrected chi connectivity index (χ1v) is 6.65. The number of carbonyl (C=O) groups is 2. The highest BCUT2D eigenvalue weighted by Gasteiger charge is 2.30. The van der Waals surface area contributed by atoms with Crippen LogP contribution in [-0.4, -0.2) is 61.7 Å². The molecule has 1 aliphatic carbocycles. The highest BCUT2D eigenvalue weighted by Crippen LogP contribution is 2.24. The average molecular weight is 281 g/mol. The Balaban J connectivity index is 2.02. The van der Waals surface area contributed by atoms with Crippen molar-refractivity contribution >= 4 is 12.0 Å². The van der Waals surface area contributed by atoms with Gasteiger partial charge in [-0.1, -0.05) is 12.8 Å². The third-order valence-corrected chi connectivity index (χ3v) is 3.50. The molecule has 0 spiro atoms. The van der Waals surface area contributed by atoms with Crippen molar-refractivity contribution in [1.82, 2.24) is 25.0 Å². The first kappa shape index (κ1) is 14.3. The van der Waals surface area contributed by atoms with E-state index >= 15 is 0 Å². The average Bonchev–Trinajstić information content (AvgIpc) is 3.07. The van der Waals surface area contributed by atoms with Crippen LogP contribution in [0, 0.1) is 0 Å². The Kier molecular flexibility index (Phi) is 4.54. The maximum Gasteiger partial charge on any atom is 0.323 e. The summed E-state index contributed by atoms with van der Waals surface area (Å²) in [4.78, 5) is 30.3. The lowest BCUT2D eigenvalue weighted by molar-refractivity contribution is -0.138. The smallest absolute Gasteiger partial charge is 0.323 e. The van der Waals surface area contributed by atoms with Crippen LogP contribution < -0.4 is 0 Å². The molecule has 1 aromatic heterocycles. The topological polar surface area (TPSA) is 102 Å². The van der Waals surface area contributed by atoms with Crippen LogP contribution in [0.3, 0.4) is 0 Å². The zero-order chi connectivity index (χ0) is 14.5. The highest BCUT2D eigenvalue weighted by atomic mass is 16.4. The predicted molar refractivity (Wildman–Crippen MR) is 69.8 cm³/mol. The summed E-state index contributed by atoms with van der Waals surface area (Å²) in [5.74, 6) is -0.416. The summed E-state index contributed by atoms with van der Waals surface area (Å²) in [5, 5.41) is 15.4. The van der Waals surface area contributed by atoms with E-state index in [2.05, 4.69) is 15.2 Å². The van der Waals surface area contributed by atoms with Crippen molar-refractivity contribution in [2.24, 2.45) is 0 Å². The van der Waals surface area contributed by atoms with Crippen LogP contribution >= 0.6 is 0 Å². The van der Waals surface area contributed by atoms with Gasteiger partial charge in [-0.25, -0.2) is 9.78 Å². The molecular formula is C12H19N5O3. The Bertz CT molecular complexity index is 456. The van der Waals surface area contributed by atoms with E-state index in [9.17, 15) is 9.59 Å². The summed E-state index contributed by atoms with van der Waals surface area (Å²) in [7, 11) is 1.63. The maximum absolute atomic E-state index is 12.4. The largest absolute Gasteiger partial charge is 0.480 e. The van der Waals surface area contributed by atoms with Crippen LogP contribution in [0.1, 0.15) is 31.5 Å². The van der Waals surface area contributed by atoms with Gasteiger partial charge in [-0.2, -0.15) is 5.10 Å². The van der Waals surface area contributed by atoms with Crippen molar-refractivity contribution < 1.29 is 14.7 Å². The Hall–Kier alpha value is -2.12. The Morgan fingerprint density at radius 1 is 1.45 bits per heavy atom. The summed E-state index contributed by atoms with van der Waals surface area (Å²) >= 11 is 0. The third-order valence-electron chi connectivity index (χ3n) is 3.50. The quantitative estimate of drug-likeness (QED) is 0.826. The number of urea groups is 1. The van der Waals surface area contributed by atoms with Crippen LogP contribution in [0.2, 0.25) is 0 Å². The molecule has 1 fully saturated rings. The second-order valence-corrected chi connectivity index (χ2v) is 5.03. The number of aliphatic carboxylic acids is 1. The van der Waals surface area contributed by atoms with Gasteiger partial charge in [0.05, 0.1) is 6.54 Å². The predicted octanol–water partition coefficient (Wildman–Crippen LogP) is 0.686. The third kappa shape index (κ3) is 3.46. The molecule has 0 bridgehead atoms. The number of hydrogen-bond donors (Lipinski definition) is 2. The molecule has 8 nitrogen and oxygen atoms in total. The summed E-state index contributed by atoms with van der Waals surface area (Å²) < 4.78 is 0. The van der Waals surface area contributed by atoms with Crippen LogP contribution in [0.15, 0.2) is 6.33 Å². The normalized spacial score (nSPS) is 15.2. The van der Waals surface area contributed by atoms with E-state index in [-0.39, 0.29) is 25.2 Å². The molecule has 2 rings (SSSR count). The van der Waals surface area contributed by atoms with E-state index in [0.717, 1.165) is 25.7 Å². The van der Waals surface area contributed by atoms with Crippen molar-refractivity contribution in [3.63, 3.8) is 0 Å². The number of amides is 2. The minimum Gasteiger partial charge on any atom is -0.480 e. The van der Waals surface area contributed by atoms with Gasteiger partial charge < -0.3 is 14.9 Å². The number of nitrogens with zero attached hydrogens (tertiary/aromatic N) is 4. The van der Waals surface area contributed by atoms with E-state index in [1.807, 2.05) is 0 Å². The van der Waals surface area contributed by atoms with E-state index in [1.165, 1.54) is 16.1 Å². The fourth-order valence-electron chi connectivity index (χ4n) is 2.53. The van der Waals surface area contributed by atoms with Crippen molar-refractivity contribution in [3.05, 3.63) is 12.2 Å². The standard InChI is InChI=1S/C12H19N5O3/c1-16(6-10-13-8-14-15-10)12(20)17(7-11(18)19)9-4-2-3-5-9/h8-9H,2-7H2,1H3,(H,18,19)(H,13,14,15).